The molecular formula is C14H9F3N5O4S-. The van der Waals surface area contributed by atoms with Crippen molar-refractivity contribution in [1.82, 2.24) is 19.6 Å². The predicted molar refractivity (Wildman–Crippen MR) is 82.1 cm³/mol. The Bertz CT molecular complexity index is 1160. The zero-order chi connectivity index (χ0) is 20.0. The van der Waals surface area contributed by atoms with Gasteiger partial charge in [0, 0.05) is 17.5 Å². The van der Waals surface area contributed by atoms with Gasteiger partial charge in [-0.25, -0.2) is 9.50 Å². The van der Waals surface area contributed by atoms with Crippen molar-refractivity contribution in [2.45, 2.75) is 18.3 Å². The van der Waals surface area contributed by atoms with Crippen molar-refractivity contribution in [1.29, 1.82) is 0 Å². The average Bonchev–Trinajstić information content (AvgIpc) is 3.00. The quantitative estimate of drug-likeness (QED) is 0.679. The Labute approximate surface area is 149 Å². The number of benzene rings is 1. The maximum Gasteiger partial charge on any atom is 0.418 e. The number of hydrogen-bond donors (Lipinski definition) is 1. The number of halogens is 3. The molecule has 0 saturated heterocycles. The molecule has 0 aliphatic heterocycles. The van der Waals surface area contributed by atoms with Crippen molar-refractivity contribution < 1.29 is 31.5 Å². The largest absolute Gasteiger partial charge is 0.545 e. The smallest absolute Gasteiger partial charge is 0.418 e. The van der Waals surface area contributed by atoms with Crippen molar-refractivity contribution >= 4 is 27.5 Å². The monoisotopic (exact) mass is 400 g/mol. The molecule has 0 fully saturated rings. The van der Waals surface area contributed by atoms with Crippen LogP contribution in [-0.2, 0) is 16.2 Å². The number of sulfonamides is 1. The van der Waals surface area contributed by atoms with Crippen molar-refractivity contribution in [3.05, 3.63) is 47.3 Å². The van der Waals surface area contributed by atoms with Crippen LogP contribution in [0.5, 0.6) is 0 Å². The number of carbonyl (C=O) groups is 1. The molecule has 2 aromatic heterocycles. The number of nitrogens with zero attached hydrogens (tertiary/aromatic N) is 4. The normalized spacial score (nSPS) is 12.3. The van der Waals surface area contributed by atoms with E-state index in [9.17, 15) is 31.5 Å². The zero-order valence-electron chi connectivity index (χ0n) is 13.4. The number of aryl methyl sites for hydroxylation is 1. The molecule has 2 heterocycles. The third kappa shape index (κ3) is 3.40. The molecule has 0 bridgehead atoms. The number of fused-ring (bicyclic) bond motifs is 1. The fourth-order valence-electron chi connectivity index (χ4n) is 2.25. The van der Waals surface area contributed by atoms with Gasteiger partial charge in [0.15, 0.2) is 0 Å². The molecule has 0 amide bonds. The summed E-state index contributed by atoms with van der Waals surface area (Å²) in [6, 6.07) is 3.65. The van der Waals surface area contributed by atoms with Gasteiger partial charge >= 0.3 is 6.18 Å². The number of rotatable bonds is 4. The Kier molecular flexibility index (Phi) is 4.26. The van der Waals surface area contributed by atoms with Crippen LogP contribution < -0.4 is 9.83 Å². The van der Waals surface area contributed by atoms with E-state index in [0.717, 1.165) is 16.6 Å². The minimum Gasteiger partial charge on any atom is -0.545 e. The van der Waals surface area contributed by atoms with Gasteiger partial charge in [0.2, 0.25) is 0 Å². The summed E-state index contributed by atoms with van der Waals surface area (Å²) < 4.78 is 67.2. The average molecular weight is 400 g/mol. The lowest BCUT2D eigenvalue weighted by Gasteiger charge is -2.18. The molecule has 0 aliphatic carbocycles. The van der Waals surface area contributed by atoms with Crippen LogP contribution in [0.3, 0.4) is 0 Å². The van der Waals surface area contributed by atoms with Crippen LogP contribution in [0.1, 0.15) is 21.6 Å². The molecule has 0 radical (unpaired) electrons. The zero-order valence-corrected chi connectivity index (χ0v) is 14.2. The minimum atomic E-state index is -5.02. The van der Waals surface area contributed by atoms with Crippen molar-refractivity contribution in [3.63, 3.8) is 0 Å². The maximum absolute atomic E-state index is 13.2. The number of nitrogens with one attached hydrogen (secondary N) is 1. The summed E-state index contributed by atoms with van der Waals surface area (Å²) in [5, 5.41) is 14.0. The van der Waals surface area contributed by atoms with Crippen LogP contribution in [0.25, 0.3) is 5.78 Å². The summed E-state index contributed by atoms with van der Waals surface area (Å²) in [5.74, 6) is -2.08. The van der Waals surface area contributed by atoms with E-state index in [1.54, 1.807) is 11.6 Å². The van der Waals surface area contributed by atoms with Crippen molar-refractivity contribution in [3.8, 4) is 0 Å². The first-order chi connectivity index (χ1) is 12.5. The molecule has 1 N–H and O–H groups in total. The molecule has 142 valence electrons. The van der Waals surface area contributed by atoms with E-state index in [1.807, 2.05) is 0 Å². The van der Waals surface area contributed by atoms with Gasteiger partial charge in [-0.15, -0.1) is 5.10 Å². The third-order valence-electron chi connectivity index (χ3n) is 3.48. The fraction of sp³-hybridized carbons (Fsp3) is 0.143. The lowest BCUT2D eigenvalue weighted by Crippen LogP contribution is -2.27. The van der Waals surface area contributed by atoms with E-state index in [1.165, 1.54) is 12.3 Å². The first kappa shape index (κ1) is 18.6. The van der Waals surface area contributed by atoms with E-state index in [4.69, 9.17) is 0 Å². The number of carboxylic acids is 1. The van der Waals surface area contributed by atoms with Gasteiger partial charge in [0.05, 0.1) is 17.2 Å². The summed E-state index contributed by atoms with van der Waals surface area (Å²) in [7, 11) is -4.75. The highest BCUT2D eigenvalue weighted by molar-refractivity contribution is 7.92. The van der Waals surface area contributed by atoms with E-state index < -0.39 is 44.1 Å². The molecule has 0 aliphatic rings. The molecule has 13 heteroatoms. The SMILES string of the molecule is Cc1ccnc2nc(S(=O)(=O)Nc3c(C(=O)[O-])cccc3C(F)(F)F)nn12. The summed E-state index contributed by atoms with van der Waals surface area (Å²) in [5.41, 5.74) is -3.19. The molecule has 3 aromatic rings. The molecule has 27 heavy (non-hydrogen) atoms. The Hall–Kier alpha value is -3.22. The van der Waals surface area contributed by atoms with Gasteiger partial charge in [0.25, 0.3) is 21.0 Å². The Morgan fingerprint density at radius 2 is 1.96 bits per heavy atom. The fourth-order valence-corrected chi connectivity index (χ4v) is 3.22. The second kappa shape index (κ2) is 6.19. The standard InChI is InChI=1S/C14H10F3N5O4S/c1-7-5-6-18-12-19-13(20-22(7)12)27(25,26)21-10-8(11(23)24)3-2-4-9(10)14(15,16)17/h2-6,21H,1H3,(H,23,24)/p-1. The van der Waals surface area contributed by atoms with Crippen LogP contribution >= 0.6 is 0 Å². The molecule has 1 aromatic carbocycles. The predicted octanol–water partition coefficient (Wildman–Crippen LogP) is 0.616. The number of aromatic nitrogens is 4. The van der Waals surface area contributed by atoms with Crippen LogP contribution in [-0.4, -0.2) is 34.0 Å². The van der Waals surface area contributed by atoms with Crippen molar-refractivity contribution in [2.75, 3.05) is 4.72 Å². The van der Waals surface area contributed by atoms with E-state index in [-0.39, 0.29) is 5.78 Å². The number of para-hydroxylation sites is 1. The van der Waals surface area contributed by atoms with Crippen LogP contribution in [0.2, 0.25) is 0 Å². The molecule has 3 rings (SSSR count). The van der Waals surface area contributed by atoms with E-state index in [0.29, 0.717) is 11.8 Å². The Morgan fingerprint density at radius 3 is 2.56 bits per heavy atom. The second-order valence-electron chi connectivity index (χ2n) is 5.31. The number of carbonyl (C=O) groups excluding carboxylic acids is 1. The number of anilines is 1. The van der Waals surface area contributed by atoms with E-state index in [2.05, 4.69) is 15.1 Å². The van der Waals surface area contributed by atoms with Crippen LogP contribution in [0, 0.1) is 6.92 Å². The molecule has 0 atom stereocenters. The van der Waals surface area contributed by atoms with Gasteiger partial charge in [-0.2, -0.15) is 26.6 Å². The summed E-state index contributed by atoms with van der Waals surface area (Å²) in [6.45, 7) is 1.58. The second-order valence-corrected chi connectivity index (χ2v) is 6.89. The highest BCUT2D eigenvalue weighted by Gasteiger charge is 2.36. The lowest BCUT2D eigenvalue weighted by molar-refractivity contribution is -0.254. The van der Waals surface area contributed by atoms with Crippen LogP contribution in [0.4, 0.5) is 18.9 Å². The number of alkyl halides is 3. The maximum atomic E-state index is 13.2. The van der Waals surface area contributed by atoms with E-state index >= 15 is 0 Å². The van der Waals surface area contributed by atoms with Crippen LogP contribution in [0.15, 0.2) is 35.6 Å². The molecule has 0 saturated carbocycles. The minimum absolute atomic E-state index is 0.0976. The highest BCUT2D eigenvalue weighted by atomic mass is 32.2. The number of carboxylic acid groups (broad SMARTS) is 1. The van der Waals surface area contributed by atoms with Gasteiger partial charge in [0.1, 0.15) is 0 Å². The van der Waals surface area contributed by atoms with Gasteiger partial charge < -0.3 is 9.90 Å². The molecule has 0 unspecified atom stereocenters. The molecular weight excluding hydrogens is 391 g/mol. The van der Waals surface area contributed by atoms with Gasteiger partial charge in [-0.05, 0) is 19.1 Å². The summed E-state index contributed by atoms with van der Waals surface area (Å²) in [6.07, 6.45) is -3.68. The molecule has 0 spiro atoms. The Balaban J connectivity index is 2.15. The highest BCUT2D eigenvalue weighted by Crippen LogP contribution is 2.37. The summed E-state index contributed by atoms with van der Waals surface area (Å²) >= 11 is 0. The van der Waals surface area contributed by atoms with Gasteiger partial charge in [-0.3, -0.25) is 4.72 Å². The first-order valence-corrected chi connectivity index (χ1v) is 8.62. The number of hydrogen-bond acceptors (Lipinski definition) is 7. The Morgan fingerprint density at radius 1 is 1.26 bits per heavy atom. The lowest BCUT2D eigenvalue weighted by atomic mass is 10.1. The van der Waals surface area contributed by atoms with Gasteiger partial charge in [-0.1, -0.05) is 12.1 Å². The third-order valence-corrected chi connectivity index (χ3v) is 4.60. The molecule has 9 nitrogen and oxygen atoms in total. The van der Waals surface area contributed by atoms with Crippen molar-refractivity contribution in [2.24, 2.45) is 0 Å². The number of aromatic carboxylic acids is 1. The first-order valence-electron chi connectivity index (χ1n) is 7.13. The summed E-state index contributed by atoms with van der Waals surface area (Å²) in [4.78, 5) is 18.6. The topological polar surface area (TPSA) is 129 Å².